The van der Waals surface area contributed by atoms with Crippen LogP contribution < -0.4 is 10.5 Å². The second kappa shape index (κ2) is 10.9. The number of amides is 1. The fourth-order valence-corrected chi connectivity index (χ4v) is 5.26. The van der Waals surface area contributed by atoms with E-state index >= 15 is 0 Å². The molecule has 1 aliphatic rings. The molecule has 6 rings (SSSR count). The van der Waals surface area contributed by atoms with Crippen LogP contribution in [0.25, 0.3) is 28.2 Å². The first kappa shape index (κ1) is 26.3. The molecule has 208 valence electrons. The van der Waals surface area contributed by atoms with E-state index in [1.165, 1.54) is 23.0 Å². The Morgan fingerprint density at radius 2 is 1.98 bits per heavy atom. The number of benzene rings is 2. The van der Waals surface area contributed by atoms with Crippen LogP contribution in [-0.2, 0) is 11.2 Å². The lowest BCUT2D eigenvalue weighted by Gasteiger charge is -2.18. The summed E-state index contributed by atoms with van der Waals surface area (Å²) >= 11 is 6.30. The van der Waals surface area contributed by atoms with Crippen LogP contribution >= 0.6 is 11.6 Å². The maximum absolute atomic E-state index is 13.4. The van der Waals surface area contributed by atoms with Crippen LogP contribution in [0.3, 0.4) is 0 Å². The van der Waals surface area contributed by atoms with Crippen molar-refractivity contribution in [2.24, 2.45) is 0 Å². The van der Waals surface area contributed by atoms with Gasteiger partial charge in [-0.15, -0.1) is 15.3 Å². The number of rotatable bonds is 8. The number of H-pyrrole nitrogens is 1. The van der Waals surface area contributed by atoms with Crippen LogP contribution in [0.2, 0.25) is 5.02 Å². The van der Waals surface area contributed by atoms with Gasteiger partial charge in [-0.2, -0.15) is 4.68 Å². The fraction of sp³-hybridized carbons (Fsp3) is 0.222. The molecule has 1 aliphatic heterocycles. The lowest BCUT2D eigenvalue weighted by molar-refractivity contribution is 0.186. The van der Waals surface area contributed by atoms with Crippen molar-refractivity contribution in [2.75, 3.05) is 25.2 Å². The van der Waals surface area contributed by atoms with E-state index in [-0.39, 0.29) is 24.8 Å². The lowest BCUT2D eigenvalue weighted by atomic mass is 10.0. The summed E-state index contributed by atoms with van der Waals surface area (Å²) in [5.74, 6) is 1.09. The summed E-state index contributed by atoms with van der Waals surface area (Å²) in [5.41, 5.74) is 4.11. The zero-order chi connectivity index (χ0) is 28.5. The highest BCUT2D eigenvalue weighted by molar-refractivity contribution is 6.31. The molecule has 1 atom stereocenters. The van der Waals surface area contributed by atoms with Crippen molar-refractivity contribution in [1.82, 2.24) is 40.0 Å². The summed E-state index contributed by atoms with van der Waals surface area (Å²) in [7, 11) is 1.52. The Bertz CT molecular complexity index is 1770. The number of methoxy groups -OCH3 is 1. The maximum Gasteiger partial charge on any atom is 0.411 e. The second-order valence-corrected chi connectivity index (χ2v) is 9.88. The van der Waals surface area contributed by atoms with E-state index in [4.69, 9.17) is 16.3 Å². The van der Waals surface area contributed by atoms with Crippen LogP contribution in [0.5, 0.6) is 0 Å². The molecule has 0 unspecified atom stereocenters. The summed E-state index contributed by atoms with van der Waals surface area (Å²) < 4.78 is 8.27. The number of ether oxygens (including phenoxy) is 1. The average molecular weight is 574 g/mol. The third-order valence-corrected chi connectivity index (χ3v) is 7.26. The number of hydrogen-bond donors (Lipinski definition) is 2. The van der Waals surface area contributed by atoms with Gasteiger partial charge in [0.05, 0.1) is 24.9 Å². The first-order chi connectivity index (χ1) is 19.9. The number of anilines is 1. The van der Waals surface area contributed by atoms with E-state index in [0.29, 0.717) is 46.5 Å². The van der Waals surface area contributed by atoms with Crippen molar-refractivity contribution in [3.63, 3.8) is 0 Å². The topological polar surface area (TPSA) is 157 Å². The highest BCUT2D eigenvalue weighted by atomic mass is 35.5. The Morgan fingerprint density at radius 1 is 1.15 bits per heavy atom. The van der Waals surface area contributed by atoms with Gasteiger partial charge in [0, 0.05) is 40.7 Å². The van der Waals surface area contributed by atoms with Crippen LogP contribution in [0, 0.1) is 0 Å². The second-order valence-electron chi connectivity index (χ2n) is 9.45. The number of halogens is 1. The van der Waals surface area contributed by atoms with E-state index in [9.17, 15) is 14.7 Å². The molecule has 0 aliphatic carbocycles. The molecule has 14 heteroatoms. The SMILES string of the molecule is COCCN(C(=O)O)c1ccc(-c2nnc([C@@H]3CCc4cc(-c5cc(Cl)ccc5-n5cnnn5)cc(=O)n43)[nH]2)cc1. The van der Waals surface area contributed by atoms with Gasteiger partial charge in [-0.1, -0.05) is 11.6 Å². The summed E-state index contributed by atoms with van der Waals surface area (Å²) in [6.45, 7) is 0.494. The van der Waals surface area contributed by atoms with E-state index in [2.05, 4.69) is 30.7 Å². The summed E-state index contributed by atoms with van der Waals surface area (Å²) in [6, 6.07) is 15.6. The number of tetrazole rings is 1. The van der Waals surface area contributed by atoms with Gasteiger partial charge in [-0.25, -0.2) is 4.79 Å². The molecule has 0 bridgehead atoms. The molecular formula is C27H24ClN9O4. The van der Waals surface area contributed by atoms with Crippen molar-refractivity contribution in [3.8, 4) is 28.2 Å². The molecule has 0 radical (unpaired) electrons. The molecule has 0 saturated heterocycles. The minimum Gasteiger partial charge on any atom is -0.465 e. The third kappa shape index (κ3) is 5.08. The van der Waals surface area contributed by atoms with Gasteiger partial charge in [-0.05, 0) is 77.4 Å². The van der Waals surface area contributed by atoms with Crippen molar-refractivity contribution >= 4 is 23.4 Å². The number of nitrogens with one attached hydrogen (secondary N) is 1. The predicted octanol–water partition coefficient (Wildman–Crippen LogP) is 3.60. The van der Waals surface area contributed by atoms with E-state index < -0.39 is 6.09 Å². The Kier molecular flexibility index (Phi) is 7.03. The van der Waals surface area contributed by atoms with Crippen molar-refractivity contribution in [2.45, 2.75) is 18.9 Å². The number of aryl methyl sites for hydroxylation is 1. The number of carbonyl (C=O) groups is 1. The normalized spacial score (nSPS) is 14.2. The first-order valence-corrected chi connectivity index (χ1v) is 13.1. The minimum atomic E-state index is -1.06. The molecule has 41 heavy (non-hydrogen) atoms. The average Bonchev–Trinajstić information content (AvgIpc) is 3.74. The van der Waals surface area contributed by atoms with Crippen LogP contribution in [0.4, 0.5) is 10.5 Å². The molecule has 13 nitrogen and oxygen atoms in total. The molecule has 2 N–H and O–H groups in total. The minimum absolute atomic E-state index is 0.172. The molecule has 1 amide bonds. The Balaban J connectivity index is 1.28. The maximum atomic E-state index is 13.4. The molecule has 0 saturated carbocycles. The van der Waals surface area contributed by atoms with Gasteiger partial charge in [-0.3, -0.25) is 9.69 Å². The summed E-state index contributed by atoms with van der Waals surface area (Å²) in [4.78, 5) is 29.5. The number of aromatic amines is 1. The van der Waals surface area contributed by atoms with Gasteiger partial charge in [0.25, 0.3) is 5.56 Å². The molecule has 4 heterocycles. The van der Waals surface area contributed by atoms with Crippen LogP contribution in [0.15, 0.2) is 65.7 Å². The van der Waals surface area contributed by atoms with E-state index in [1.807, 2.05) is 12.1 Å². The molecular weight excluding hydrogens is 550 g/mol. The largest absolute Gasteiger partial charge is 0.465 e. The van der Waals surface area contributed by atoms with E-state index in [1.54, 1.807) is 47.0 Å². The smallest absolute Gasteiger partial charge is 0.411 e. The number of pyridine rings is 1. The zero-order valence-corrected chi connectivity index (χ0v) is 22.6. The Morgan fingerprint density at radius 3 is 2.71 bits per heavy atom. The fourth-order valence-electron chi connectivity index (χ4n) is 5.09. The Hall–Kier alpha value is -4.88. The summed E-state index contributed by atoms with van der Waals surface area (Å²) in [6.07, 6.45) is 1.77. The van der Waals surface area contributed by atoms with Crippen molar-refractivity contribution in [3.05, 3.63) is 87.8 Å². The van der Waals surface area contributed by atoms with E-state index in [0.717, 1.165) is 16.8 Å². The van der Waals surface area contributed by atoms with Gasteiger partial charge in [0.1, 0.15) is 6.33 Å². The molecule has 0 fully saturated rings. The number of fused-ring (bicyclic) bond motifs is 1. The highest BCUT2D eigenvalue weighted by Crippen LogP contribution is 2.34. The van der Waals surface area contributed by atoms with Gasteiger partial charge in [0.2, 0.25) is 0 Å². The first-order valence-electron chi connectivity index (χ1n) is 12.7. The quantitative estimate of drug-likeness (QED) is 0.283. The van der Waals surface area contributed by atoms with Crippen LogP contribution in [0.1, 0.15) is 24.0 Å². The number of nitrogens with zero attached hydrogens (tertiary/aromatic N) is 8. The summed E-state index contributed by atoms with van der Waals surface area (Å²) in [5, 5.41) is 30.1. The van der Waals surface area contributed by atoms with Crippen LogP contribution in [-0.4, -0.2) is 71.4 Å². The zero-order valence-electron chi connectivity index (χ0n) is 21.8. The van der Waals surface area contributed by atoms with Gasteiger partial charge in [0.15, 0.2) is 11.6 Å². The third-order valence-electron chi connectivity index (χ3n) is 7.02. The Labute approximate surface area is 238 Å². The van der Waals surface area contributed by atoms with Gasteiger partial charge >= 0.3 is 6.09 Å². The lowest BCUT2D eigenvalue weighted by Crippen LogP contribution is -2.32. The number of aromatic nitrogens is 8. The highest BCUT2D eigenvalue weighted by Gasteiger charge is 2.29. The molecule has 5 aromatic rings. The molecule has 0 spiro atoms. The molecule has 3 aromatic heterocycles. The molecule has 2 aromatic carbocycles. The van der Waals surface area contributed by atoms with Crippen molar-refractivity contribution in [1.29, 1.82) is 0 Å². The predicted molar refractivity (Wildman–Crippen MR) is 149 cm³/mol. The van der Waals surface area contributed by atoms with Gasteiger partial charge < -0.3 is 19.4 Å². The monoisotopic (exact) mass is 573 g/mol. The number of carboxylic acid groups (broad SMARTS) is 1. The van der Waals surface area contributed by atoms with Crippen molar-refractivity contribution < 1.29 is 14.6 Å². The standard InChI is InChI=1S/C27H24ClN9O4/c1-41-11-10-35(27(39)40)19-5-2-16(3-6-19)25-30-26(32-31-25)23-9-7-20-12-17(13-24(38)37(20)23)21-14-18(28)4-8-22(21)36-15-29-33-34-36/h2-6,8,12-15,23H,7,9-11H2,1H3,(H,39,40)(H,30,31,32)/t23-/m0/s1. The number of hydrogen-bond acceptors (Lipinski definition) is 8.